The van der Waals surface area contributed by atoms with E-state index in [9.17, 15) is 4.39 Å². The summed E-state index contributed by atoms with van der Waals surface area (Å²) in [5, 5.41) is 0.316. The van der Waals surface area contributed by atoms with Crippen molar-refractivity contribution < 1.29 is 9.13 Å². The summed E-state index contributed by atoms with van der Waals surface area (Å²) in [4.78, 5) is 3.94. The fraction of sp³-hybridized carbons (Fsp3) is 0.0833. The molecular weight excluding hydrogens is 322 g/mol. The van der Waals surface area contributed by atoms with E-state index in [2.05, 4.69) is 20.9 Å². The summed E-state index contributed by atoms with van der Waals surface area (Å²) in [6, 6.07) is 5.84. The van der Waals surface area contributed by atoms with Crippen LogP contribution in [0.1, 0.15) is 5.56 Å². The third-order valence-electron chi connectivity index (χ3n) is 2.25. The zero-order valence-electron chi connectivity index (χ0n) is 9.16. The fourth-order valence-electron chi connectivity index (χ4n) is 1.34. The van der Waals surface area contributed by atoms with E-state index >= 15 is 0 Å². The molecule has 0 radical (unpaired) electrons. The molecule has 0 aliphatic heterocycles. The van der Waals surface area contributed by atoms with Crippen LogP contribution in [0.3, 0.4) is 0 Å². The number of halogens is 3. The minimum atomic E-state index is -0.382. The highest BCUT2D eigenvalue weighted by Crippen LogP contribution is 2.25. The van der Waals surface area contributed by atoms with Crippen molar-refractivity contribution in [1.82, 2.24) is 4.98 Å². The zero-order chi connectivity index (χ0) is 13.1. The Balaban J connectivity index is 2.13. The molecule has 1 aromatic carbocycles. The topological polar surface area (TPSA) is 48.1 Å². The molecule has 1 aromatic heterocycles. The van der Waals surface area contributed by atoms with Crippen LogP contribution in [0.4, 0.5) is 10.2 Å². The van der Waals surface area contributed by atoms with Crippen LogP contribution in [0.5, 0.6) is 5.75 Å². The third-order valence-corrected chi connectivity index (χ3v) is 3.03. The van der Waals surface area contributed by atoms with Gasteiger partial charge in [-0.3, -0.25) is 0 Å². The molecule has 18 heavy (non-hydrogen) atoms. The van der Waals surface area contributed by atoms with Gasteiger partial charge in [-0.05, 0) is 34.1 Å². The van der Waals surface area contributed by atoms with Crippen molar-refractivity contribution in [3.8, 4) is 5.75 Å². The molecule has 0 aliphatic rings. The predicted molar refractivity (Wildman–Crippen MR) is 72.1 cm³/mol. The molecule has 3 nitrogen and oxygen atoms in total. The number of nitrogen functional groups attached to an aromatic ring is 1. The minimum Gasteiger partial charge on any atom is -0.485 e. The van der Waals surface area contributed by atoms with Gasteiger partial charge in [-0.25, -0.2) is 9.37 Å². The summed E-state index contributed by atoms with van der Waals surface area (Å²) in [5.41, 5.74) is 6.34. The number of pyridine rings is 1. The highest BCUT2D eigenvalue weighted by molar-refractivity contribution is 9.10. The number of rotatable bonds is 3. The lowest BCUT2D eigenvalue weighted by Gasteiger charge is -2.09. The molecule has 2 aromatic rings. The lowest BCUT2D eigenvalue weighted by Crippen LogP contribution is -2.01. The SMILES string of the molecule is Nc1ncc(Br)cc1OCc1ccc(F)cc1Cl. The van der Waals surface area contributed by atoms with Crippen LogP contribution in [-0.4, -0.2) is 4.98 Å². The Morgan fingerprint density at radius 1 is 1.39 bits per heavy atom. The molecule has 6 heteroatoms. The van der Waals surface area contributed by atoms with Gasteiger partial charge in [0.2, 0.25) is 0 Å². The first-order valence-electron chi connectivity index (χ1n) is 5.04. The second-order valence-electron chi connectivity index (χ2n) is 3.56. The molecule has 0 saturated carbocycles. The van der Waals surface area contributed by atoms with Crippen molar-refractivity contribution in [1.29, 1.82) is 0 Å². The molecular formula is C12H9BrClFN2O. The van der Waals surface area contributed by atoms with Gasteiger partial charge in [-0.15, -0.1) is 0 Å². The first kappa shape index (κ1) is 13.1. The minimum absolute atomic E-state index is 0.196. The largest absolute Gasteiger partial charge is 0.485 e. The van der Waals surface area contributed by atoms with Crippen molar-refractivity contribution >= 4 is 33.3 Å². The summed E-state index contributed by atoms with van der Waals surface area (Å²) in [6.07, 6.45) is 1.58. The van der Waals surface area contributed by atoms with Gasteiger partial charge in [-0.2, -0.15) is 0 Å². The maximum Gasteiger partial charge on any atom is 0.166 e. The maximum absolute atomic E-state index is 12.9. The van der Waals surface area contributed by atoms with Gasteiger partial charge in [0, 0.05) is 16.2 Å². The molecule has 0 saturated heterocycles. The van der Waals surface area contributed by atoms with Crippen LogP contribution in [-0.2, 0) is 6.61 Å². The van der Waals surface area contributed by atoms with Gasteiger partial charge in [-0.1, -0.05) is 17.7 Å². The normalized spacial score (nSPS) is 10.4. The van der Waals surface area contributed by atoms with Crippen molar-refractivity contribution in [2.75, 3.05) is 5.73 Å². The zero-order valence-corrected chi connectivity index (χ0v) is 11.5. The number of hydrogen-bond donors (Lipinski definition) is 1. The van der Waals surface area contributed by atoms with E-state index in [1.165, 1.54) is 12.1 Å². The highest BCUT2D eigenvalue weighted by atomic mass is 79.9. The molecule has 0 fully saturated rings. The van der Waals surface area contributed by atoms with Crippen LogP contribution >= 0.6 is 27.5 Å². The molecule has 0 aliphatic carbocycles. The predicted octanol–water partition coefficient (Wildman–Crippen LogP) is 3.80. The molecule has 1 heterocycles. The van der Waals surface area contributed by atoms with E-state index in [0.29, 0.717) is 16.3 Å². The number of aromatic nitrogens is 1. The molecule has 0 atom stereocenters. The summed E-state index contributed by atoms with van der Waals surface area (Å²) in [6.45, 7) is 0.196. The van der Waals surface area contributed by atoms with Crippen LogP contribution in [0.15, 0.2) is 34.9 Å². The van der Waals surface area contributed by atoms with E-state index in [1.54, 1.807) is 18.3 Å². The van der Waals surface area contributed by atoms with E-state index < -0.39 is 0 Å². The monoisotopic (exact) mass is 330 g/mol. The van der Waals surface area contributed by atoms with E-state index in [4.69, 9.17) is 22.1 Å². The smallest absolute Gasteiger partial charge is 0.166 e. The van der Waals surface area contributed by atoms with E-state index in [-0.39, 0.29) is 18.2 Å². The molecule has 0 bridgehead atoms. The Hall–Kier alpha value is -1.33. The van der Waals surface area contributed by atoms with Crippen LogP contribution < -0.4 is 10.5 Å². The number of nitrogens with two attached hydrogens (primary N) is 1. The van der Waals surface area contributed by atoms with Crippen molar-refractivity contribution in [2.24, 2.45) is 0 Å². The Labute approximate surface area is 117 Å². The number of ether oxygens (including phenoxy) is 1. The van der Waals surface area contributed by atoms with Crippen LogP contribution in [0.25, 0.3) is 0 Å². The maximum atomic E-state index is 12.9. The third kappa shape index (κ3) is 3.11. The van der Waals surface area contributed by atoms with Gasteiger partial charge in [0.05, 0.1) is 5.02 Å². The van der Waals surface area contributed by atoms with Gasteiger partial charge >= 0.3 is 0 Å². The summed E-state index contributed by atoms with van der Waals surface area (Å²) < 4.78 is 19.1. The second-order valence-corrected chi connectivity index (χ2v) is 4.88. The Bertz CT molecular complexity index is 580. The molecule has 0 spiro atoms. The average molecular weight is 332 g/mol. The van der Waals surface area contributed by atoms with Crippen LogP contribution in [0, 0.1) is 5.82 Å². The number of benzene rings is 1. The summed E-state index contributed by atoms with van der Waals surface area (Å²) in [7, 11) is 0. The fourth-order valence-corrected chi connectivity index (χ4v) is 1.87. The van der Waals surface area contributed by atoms with Crippen molar-refractivity contribution in [3.63, 3.8) is 0 Å². The lowest BCUT2D eigenvalue weighted by atomic mass is 10.2. The van der Waals surface area contributed by atoms with Crippen molar-refractivity contribution in [3.05, 3.63) is 51.3 Å². The highest BCUT2D eigenvalue weighted by Gasteiger charge is 2.06. The first-order valence-corrected chi connectivity index (χ1v) is 6.21. The molecule has 2 N–H and O–H groups in total. The molecule has 0 amide bonds. The molecule has 2 rings (SSSR count). The first-order chi connectivity index (χ1) is 8.56. The van der Waals surface area contributed by atoms with E-state index in [0.717, 1.165) is 4.47 Å². The van der Waals surface area contributed by atoms with Crippen LogP contribution in [0.2, 0.25) is 5.02 Å². The Morgan fingerprint density at radius 2 is 2.17 bits per heavy atom. The second kappa shape index (κ2) is 5.54. The number of nitrogens with zero attached hydrogens (tertiary/aromatic N) is 1. The number of hydrogen-bond acceptors (Lipinski definition) is 3. The van der Waals surface area contributed by atoms with Gasteiger partial charge in [0.25, 0.3) is 0 Å². The van der Waals surface area contributed by atoms with Gasteiger partial charge in [0.15, 0.2) is 11.6 Å². The Morgan fingerprint density at radius 3 is 2.89 bits per heavy atom. The standard InChI is InChI=1S/C12H9BrClFN2O/c13-8-3-11(12(16)17-5-8)18-6-7-1-2-9(15)4-10(7)14/h1-5H,6H2,(H2,16,17). The van der Waals surface area contributed by atoms with Gasteiger partial charge < -0.3 is 10.5 Å². The molecule has 94 valence electrons. The lowest BCUT2D eigenvalue weighted by molar-refractivity contribution is 0.306. The summed E-state index contributed by atoms with van der Waals surface area (Å²) >= 11 is 9.16. The summed E-state index contributed by atoms with van der Waals surface area (Å²) in [5.74, 6) is 0.355. The quantitative estimate of drug-likeness (QED) is 0.930. The molecule has 0 unspecified atom stereocenters. The van der Waals surface area contributed by atoms with Gasteiger partial charge in [0.1, 0.15) is 12.4 Å². The number of anilines is 1. The van der Waals surface area contributed by atoms with Crippen molar-refractivity contribution in [2.45, 2.75) is 6.61 Å². The van der Waals surface area contributed by atoms with E-state index in [1.807, 2.05) is 0 Å². The average Bonchev–Trinajstić information content (AvgIpc) is 2.32. The Kier molecular flexibility index (Phi) is 4.04.